The Kier molecular flexibility index (Phi) is 3.41. The van der Waals surface area contributed by atoms with Crippen LogP contribution >= 0.6 is 0 Å². The molecule has 0 unspecified atom stereocenters. The third-order valence-electron chi connectivity index (χ3n) is 6.50. The van der Waals surface area contributed by atoms with E-state index in [1.165, 1.54) is 0 Å². The van der Waals surface area contributed by atoms with E-state index < -0.39 is 12.7 Å². The van der Waals surface area contributed by atoms with Gasteiger partial charge in [0, 0.05) is 35.3 Å². The lowest BCUT2D eigenvalue weighted by Gasteiger charge is -2.22. The Morgan fingerprint density at radius 1 is 1.16 bits per heavy atom. The molecule has 2 aromatic heterocycles. The van der Waals surface area contributed by atoms with Gasteiger partial charge in [-0.15, -0.1) is 0 Å². The first kappa shape index (κ1) is 14.0. The Morgan fingerprint density at radius 3 is 2.71 bits per heavy atom. The Morgan fingerprint density at radius 2 is 1.97 bits per heavy atom. The topological polar surface area (TPSA) is 21.4 Å². The minimum Gasteiger partial charge on any atom is -0.466 e. The maximum Gasteiger partial charge on any atom is 0.229 e. The summed E-state index contributed by atoms with van der Waals surface area (Å²) in [4.78, 5) is 3.58. The van der Waals surface area contributed by atoms with Crippen molar-refractivity contribution >= 4 is 27.6 Å². The molecule has 1 aliphatic carbocycles. The van der Waals surface area contributed by atoms with Crippen molar-refractivity contribution in [1.29, 1.82) is 0 Å². The number of para-hydroxylation sites is 1. The van der Waals surface area contributed by atoms with Crippen molar-refractivity contribution in [2.45, 2.75) is 58.7 Å². The van der Waals surface area contributed by atoms with E-state index in [1.807, 2.05) is 6.92 Å². The Labute approximate surface area is 192 Å². The van der Waals surface area contributed by atoms with E-state index in [4.69, 9.17) is 16.5 Å². The van der Waals surface area contributed by atoms with Crippen LogP contribution in [-0.4, -0.2) is 0 Å². The molecular formula is C28H29N2O+. The van der Waals surface area contributed by atoms with E-state index in [9.17, 15) is 2.74 Å². The normalized spacial score (nSPS) is 19.2. The van der Waals surface area contributed by atoms with E-state index in [1.54, 1.807) is 42.8 Å². The van der Waals surface area contributed by atoms with Crippen molar-refractivity contribution in [3.63, 3.8) is 0 Å². The lowest BCUT2D eigenvalue weighted by Crippen LogP contribution is -2.35. The zero-order valence-corrected chi connectivity index (χ0v) is 18.1. The molecule has 2 heterocycles. The Balaban J connectivity index is 1.97. The standard InChI is InChI=1S/C28H29N2O/c1-17-14-18(2)26(28-25(17)22-12-9-13-23(29-4)27(22)31-28)24-16-21(15-19(3)30(24)5)20-10-7-6-8-11-20/h9,12-16,20H,6-8,10-11H2,1-3,5H3/q+1/i1D3,15D,16D,20D. The molecule has 0 spiro atoms. The average molecular weight is 416 g/mol. The number of fused-ring (bicyclic) bond motifs is 3. The number of nitrogens with zero attached hydrogens (tertiary/aromatic N) is 2. The van der Waals surface area contributed by atoms with Gasteiger partial charge >= 0.3 is 0 Å². The molecule has 0 atom stereocenters. The zero-order chi connectivity index (χ0) is 26.9. The fourth-order valence-corrected chi connectivity index (χ4v) is 4.77. The maximum absolute atomic E-state index is 9.32. The summed E-state index contributed by atoms with van der Waals surface area (Å²) in [6, 6.07) is 7.06. The first-order chi connectivity index (χ1) is 17.4. The Hall–Kier alpha value is -3.12. The summed E-state index contributed by atoms with van der Waals surface area (Å²) in [7, 11) is 1.79. The molecule has 3 nitrogen and oxygen atoms in total. The fourth-order valence-electron chi connectivity index (χ4n) is 4.77. The molecule has 0 bridgehead atoms. The summed E-state index contributed by atoms with van der Waals surface area (Å²) < 4.78 is 60.2. The van der Waals surface area contributed by atoms with E-state index in [2.05, 4.69) is 4.85 Å². The summed E-state index contributed by atoms with van der Waals surface area (Å²) in [6.07, 6.45) is 4.02. The van der Waals surface area contributed by atoms with Gasteiger partial charge in [-0.1, -0.05) is 43.5 Å². The van der Waals surface area contributed by atoms with Crippen LogP contribution in [0.2, 0.25) is 0 Å². The van der Waals surface area contributed by atoms with Gasteiger partial charge in [-0.3, -0.25) is 0 Å². The molecule has 0 amide bonds. The van der Waals surface area contributed by atoms with Gasteiger partial charge in [0.2, 0.25) is 11.4 Å². The van der Waals surface area contributed by atoms with Crippen LogP contribution in [0.25, 0.3) is 38.0 Å². The lowest BCUT2D eigenvalue weighted by molar-refractivity contribution is -0.666. The molecule has 1 saturated carbocycles. The van der Waals surface area contributed by atoms with Crippen LogP contribution in [0.5, 0.6) is 0 Å². The molecule has 3 heteroatoms. The molecule has 31 heavy (non-hydrogen) atoms. The number of hydrogen-bond acceptors (Lipinski definition) is 1. The highest BCUT2D eigenvalue weighted by molar-refractivity contribution is 6.14. The summed E-state index contributed by atoms with van der Waals surface area (Å²) in [6.45, 7) is 8.80. The zero-order valence-electron chi connectivity index (χ0n) is 24.1. The number of furan rings is 1. The summed E-state index contributed by atoms with van der Waals surface area (Å²) in [5, 5.41) is 0.955. The van der Waals surface area contributed by atoms with Crippen molar-refractivity contribution in [3.05, 3.63) is 70.2 Å². The first-order valence-electron chi connectivity index (χ1n) is 13.8. The predicted octanol–water partition coefficient (Wildman–Crippen LogP) is 7.60. The van der Waals surface area contributed by atoms with Crippen LogP contribution in [0.1, 0.15) is 68.6 Å². The summed E-state index contributed by atoms with van der Waals surface area (Å²) >= 11 is 0. The second-order valence-electron chi connectivity index (χ2n) is 8.47. The van der Waals surface area contributed by atoms with E-state index in [-0.39, 0.29) is 23.3 Å². The molecule has 1 aliphatic rings. The number of benzene rings is 2. The lowest BCUT2D eigenvalue weighted by atomic mass is 9.83. The van der Waals surface area contributed by atoms with Crippen molar-refractivity contribution in [2.24, 2.45) is 7.05 Å². The second-order valence-corrected chi connectivity index (χ2v) is 8.47. The van der Waals surface area contributed by atoms with Crippen molar-refractivity contribution in [2.75, 3.05) is 0 Å². The van der Waals surface area contributed by atoms with Crippen molar-refractivity contribution in [3.8, 4) is 11.3 Å². The highest BCUT2D eigenvalue weighted by atomic mass is 16.3. The largest absolute Gasteiger partial charge is 0.466 e. The molecule has 5 rings (SSSR count). The van der Waals surface area contributed by atoms with Gasteiger partial charge in [-0.05, 0) is 49.2 Å². The molecule has 4 aromatic rings. The Bertz CT molecular complexity index is 1620. The second kappa shape index (κ2) is 7.54. The minimum absolute atomic E-state index is 0.104. The average Bonchev–Trinajstić information content (AvgIpc) is 3.22. The van der Waals surface area contributed by atoms with Gasteiger partial charge in [-0.2, -0.15) is 4.57 Å². The van der Waals surface area contributed by atoms with Crippen LogP contribution < -0.4 is 4.57 Å². The van der Waals surface area contributed by atoms with Gasteiger partial charge in [0.25, 0.3) is 0 Å². The molecule has 2 aromatic carbocycles. The highest BCUT2D eigenvalue weighted by Crippen LogP contribution is 2.42. The van der Waals surface area contributed by atoms with Crippen LogP contribution in [0.15, 0.2) is 40.8 Å². The number of aromatic nitrogens is 1. The molecule has 0 aliphatic heterocycles. The predicted molar refractivity (Wildman–Crippen MR) is 127 cm³/mol. The summed E-state index contributed by atoms with van der Waals surface area (Å²) in [5.74, 6) is -1.02. The molecule has 0 radical (unpaired) electrons. The monoisotopic (exact) mass is 415 g/mol. The molecule has 1 fully saturated rings. The third kappa shape index (κ3) is 3.13. The minimum atomic E-state index is -2.42. The smallest absolute Gasteiger partial charge is 0.229 e. The van der Waals surface area contributed by atoms with Crippen LogP contribution in [-0.2, 0) is 7.05 Å². The summed E-state index contributed by atoms with van der Waals surface area (Å²) in [5.41, 5.74) is 3.77. The molecule has 0 N–H and O–H groups in total. The molecule has 156 valence electrons. The van der Waals surface area contributed by atoms with Crippen molar-refractivity contribution in [1.82, 2.24) is 0 Å². The van der Waals surface area contributed by atoms with Gasteiger partial charge in [0.05, 0.1) is 14.9 Å². The van der Waals surface area contributed by atoms with Crippen LogP contribution in [0, 0.1) is 27.3 Å². The van der Waals surface area contributed by atoms with Gasteiger partial charge in [0.15, 0.2) is 5.69 Å². The van der Waals surface area contributed by atoms with Gasteiger partial charge in [-0.25, -0.2) is 4.85 Å². The number of pyridine rings is 1. The number of hydrogen-bond donors (Lipinski definition) is 0. The van der Waals surface area contributed by atoms with Crippen LogP contribution in [0.3, 0.4) is 0 Å². The first-order valence-corrected chi connectivity index (χ1v) is 10.8. The van der Waals surface area contributed by atoms with E-state index >= 15 is 0 Å². The number of aryl methyl sites for hydroxylation is 2. The van der Waals surface area contributed by atoms with Crippen LogP contribution in [0.4, 0.5) is 5.69 Å². The van der Waals surface area contributed by atoms with E-state index in [0.29, 0.717) is 62.9 Å². The number of rotatable bonds is 2. The molecule has 0 saturated heterocycles. The molecular weight excluding hydrogens is 380 g/mol. The van der Waals surface area contributed by atoms with Gasteiger partial charge in [0.1, 0.15) is 18.2 Å². The highest BCUT2D eigenvalue weighted by Gasteiger charge is 2.26. The fraction of sp³-hybridized carbons (Fsp3) is 0.357. The quantitative estimate of drug-likeness (QED) is 0.244. The van der Waals surface area contributed by atoms with Crippen molar-refractivity contribution < 1.29 is 17.2 Å². The van der Waals surface area contributed by atoms with Gasteiger partial charge < -0.3 is 4.42 Å². The third-order valence-corrected chi connectivity index (χ3v) is 6.50. The SMILES string of the molecule is [2H]c1c(C2([2H])CCCCC2)c([2H])c(-c2c(C)cc(C([2H])([2H])[2H])c3c2oc2c([N+]#[C-])cccc23)[n+](C)c1C. The van der Waals surface area contributed by atoms with E-state index in [0.717, 1.165) is 19.3 Å². The maximum atomic E-state index is 9.32.